The maximum Gasteiger partial charge on any atom is 0.416 e. The fourth-order valence-electron chi connectivity index (χ4n) is 4.74. The highest BCUT2D eigenvalue weighted by atomic mass is 19.4. The molecule has 180 valence electrons. The Morgan fingerprint density at radius 3 is 2.64 bits per heavy atom. The number of pyridine rings is 1. The number of halogens is 3. The molecule has 33 heavy (non-hydrogen) atoms. The molecule has 2 aliphatic rings. The van der Waals surface area contributed by atoms with Crippen molar-refractivity contribution in [3.05, 3.63) is 35.7 Å². The summed E-state index contributed by atoms with van der Waals surface area (Å²) < 4.78 is 39.4. The number of rotatable bonds is 4. The molecule has 2 aromatic heterocycles. The van der Waals surface area contributed by atoms with Crippen LogP contribution in [0, 0.1) is 5.92 Å². The number of hydrogen-bond acceptors (Lipinski definition) is 7. The number of aliphatic hydroxyl groups is 2. The first-order valence-corrected chi connectivity index (χ1v) is 11.5. The lowest BCUT2D eigenvalue weighted by Crippen LogP contribution is -2.34. The lowest BCUT2D eigenvalue weighted by molar-refractivity contribution is -0.137. The summed E-state index contributed by atoms with van der Waals surface area (Å²) in [6, 6.07) is 3.61. The zero-order valence-corrected chi connectivity index (χ0v) is 18.4. The average Bonchev–Trinajstić information content (AvgIpc) is 2.97. The van der Waals surface area contributed by atoms with E-state index in [1.807, 2.05) is 4.90 Å². The highest BCUT2D eigenvalue weighted by Crippen LogP contribution is 2.34. The van der Waals surface area contributed by atoms with Gasteiger partial charge in [0.2, 0.25) is 5.95 Å². The van der Waals surface area contributed by atoms with E-state index in [1.54, 1.807) is 6.07 Å². The topological polar surface area (TPSA) is 94.4 Å². The number of anilines is 3. The molecule has 0 amide bonds. The Labute approximate surface area is 191 Å². The van der Waals surface area contributed by atoms with Crippen molar-refractivity contribution >= 4 is 17.6 Å². The molecule has 3 N–H and O–H groups in total. The second-order valence-corrected chi connectivity index (χ2v) is 9.03. The zero-order chi connectivity index (χ0) is 23.4. The van der Waals surface area contributed by atoms with Crippen molar-refractivity contribution in [2.45, 2.75) is 63.1 Å². The van der Waals surface area contributed by atoms with Gasteiger partial charge in [-0.15, -0.1) is 0 Å². The van der Waals surface area contributed by atoms with Crippen LogP contribution in [0.2, 0.25) is 0 Å². The van der Waals surface area contributed by atoms with Gasteiger partial charge in [-0.1, -0.05) is 12.8 Å². The summed E-state index contributed by atoms with van der Waals surface area (Å²) in [5.41, 5.74) is -0.0576. The van der Waals surface area contributed by atoms with Gasteiger partial charge in [0.05, 0.1) is 17.4 Å². The second kappa shape index (κ2) is 10.2. The van der Waals surface area contributed by atoms with Gasteiger partial charge in [0, 0.05) is 37.9 Å². The fraction of sp³-hybridized carbons (Fsp3) is 0.609. The maximum absolute atomic E-state index is 13.1. The van der Waals surface area contributed by atoms with Crippen LogP contribution in [0.4, 0.5) is 30.8 Å². The molecule has 2 aromatic rings. The van der Waals surface area contributed by atoms with Crippen LogP contribution >= 0.6 is 0 Å². The van der Waals surface area contributed by atoms with E-state index in [-0.39, 0.29) is 18.3 Å². The number of alkyl halides is 3. The summed E-state index contributed by atoms with van der Waals surface area (Å²) in [4.78, 5) is 15.4. The number of hydrogen-bond donors (Lipinski definition) is 3. The summed E-state index contributed by atoms with van der Waals surface area (Å²) in [6.45, 7) is 1.16. The molecular weight excluding hydrogens is 435 g/mol. The van der Waals surface area contributed by atoms with Gasteiger partial charge in [-0.25, -0.2) is 9.97 Å². The monoisotopic (exact) mass is 465 g/mol. The van der Waals surface area contributed by atoms with Crippen molar-refractivity contribution in [1.82, 2.24) is 15.0 Å². The van der Waals surface area contributed by atoms with Crippen molar-refractivity contribution < 1.29 is 23.4 Å². The molecular formula is C23H30F3N5O2. The van der Waals surface area contributed by atoms with Gasteiger partial charge in [0.25, 0.3) is 0 Å². The van der Waals surface area contributed by atoms with Gasteiger partial charge in [0.1, 0.15) is 11.6 Å². The van der Waals surface area contributed by atoms with Crippen LogP contribution in [-0.2, 0) is 6.18 Å². The van der Waals surface area contributed by atoms with Gasteiger partial charge in [0.15, 0.2) is 0 Å². The fourth-order valence-corrected chi connectivity index (χ4v) is 4.74. The lowest BCUT2D eigenvalue weighted by atomic mass is 9.91. The van der Waals surface area contributed by atoms with Crippen molar-refractivity contribution in [3.8, 4) is 0 Å². The highest BCUT2D eigenvalue weighted by molar-refractivity contribution is 5.55. The number of nitrogens with zero attached hydrogens (tertiary/aromatic N) is 4. The quantitative estimate of drug-likeness (QED) is 0.621. The van der Waals surface area contributed by atoms with Crippen LogP contribution in [0.15, 0.2) is 24.4 Å². The first kappa shape index (κ1) is 23.7. The predicted octanol–water partition coefficient (Wildman–Crippen LogP) is 4.25. The van der Waals surface area contributed by atoms with Crippen molar-refractivity contribution in [2.75, 3.05) is 29.9 Å². The minimum atomic E-state index is -4.47. The third-order valence-corrected chi connectivity index (χ3v) is 6.49. The lowest BCUT2D eigenvalue weighted by Gasteiger charge is -2.26. The number of fused-ring (bicyclic) bond motifs is 5. The Morgan fingerprint density at radius 2 is 1.85 bits per heavy atom. The van der Waals surface area contributed by atoms with Gasteiger partial charge >= 0.3 is 6.18 Å². The normalized spacial score (nSPS) is 24.0. The third-order valence-electron chi connectivity index (χ3n) is 6.49. The van der Waals surface area contributed by atoms with Crippen LogP contribution < -0.4 is 10.2 Å². The maximum atomic E-state index is 13.1. The van der Waals surface area contributed by atoms with E-state index in [0.29, 0.717) is 30.6 Å². The summed E-state index contributed by atoms with van der Waals surface area (Å²) in [5, 5.41) is 23.0. The standard InChI is InChI=1S/C23H30F3N5O2/c24-23(25,26)17-7-9-27-20(11-17)29-21-12-19-16(8-10-32)4-2-1-3-15-5-6-18(33)14-31(13-15)22(28-19)30-21/h7,9,11-12,15-16,18,32-33H,1-6,8,10,13-14H2,(H,27,28,29,30). The van der Waals surface area contributed by atoms with E-state index < -0.39 is 17.8 Å². The summed E-state index contributed by atoms with van der Waals surface area (Å²) in [7, 11) is 0. The van der Waals surface area contributed by atoms with Gasteiger partial charge in [-0.05, 0) is 50.2 Å². The van der Waals surface area contributed by atoms with Crippen molar-refractivity contribution in [2.24, 2.45) is 5.92 Å². The van der Waals surface area contributed by atoms with E-state index in [9.17, 15) is 23.4 Å². The molecule has 10 heteroatoms. The Kier molecular flexibility index (Phi) is 7.33. The van der Waals surface area contributed by atoms with Crippen LogP contribution in [-0.4, -0.2) is 51.0 Å². The molecule has 0 aromatic carbocycles. The molecule has 1 fully saturated rings. The molecule has 2 aliphatic heterocycles. The molecule has 4 heterocycles. The summed E-state index contributed by atoms with van der Waals surface area (Å²) in [5.74, 6) is 1.26. The van der Waals surface area contributed by atoms with E-state index in [0.717, 1.165) is 69.1 Å². The Bertz CT molecular complexity index is 943. The summed E-state index contributed by atoms with van der Waals surface area (Å²) in [6.07, 6.45) is 2.37. The van der Waals surface area contributed by atoms with E-state index >= 15 is 0 Å². The number of aromatic nitrogens is 3. The van der Waals surface area contributed by atoms with Crippen molar-refractivity contribution in [1.29, 1.82) is 0 Å². The molecule has 4 bridgehead atoms. The predicted molar refractivity (Wildman–Crippen MR) is 118 cm³/mol. The first-order chi connectivity index (χ1) is 15.8. The smallest absolute Gasteiger partial charge is 0.396 e. The number of aliphatic hydroxyl groups excluding tert-OH is 2. The molecule has 3 unspecified atom stereocenters. The van der Waals surface area contributed by atoms with E-state index in [1.165, 1.54) is 0 Å². The minimum Gasteiger partial charge on any atom is -0.396 e. The molecule has 0 radical (unpaired) electrons. The largest absolute Gasteiger partial charge is 0.416 e. The molecule has 3 atom stereocenters. The highest BCUT2D eigenvalue weighted by Gasteiger charge is 2.31. The minimum absolute atomic E-state index is 0.0121. The molecule has 0 saturated carbocycles. The van der Waals surface area contributed by atoms with Crippen LogP contribution in [0.1, 0.15) is 62.1 Å². The molecule has 7 nitrogen and oxygen atoms in total. The number of nitrogens with one attached hydrogen (secondary N) is 1. The Morgan fingerprint density at radius 1 is 1.03 bits per heavy atom. The van der Waals surface area contributed by atoms with Crippen molar-refractivity contribution in [3.63, 3.8) is 0 Å². The van der Waals surface area contributed by atoms with Crippen LogP contribution in [0.5, 0.6) is 0 Å². The Balaban J connectivity index is 1.72. The van der Waals surface area contributed by atoms with Crippen LogP contribution in [0.3, 0.4) is 0 Å². The average molecular weight is 466 g/mol. The molecule has 0 aliphatic carbocycles. The van der Waals surface area contributed by atoms with Gasteiger partial charge in [-0.3, -0.25) is 0 Å². The molecule has 0 spiro atoms. The third kappa shape index (κ3) is 6.11. The molecule has 4 rings (SSSR count). The van der Waals surface area contributed by atoms with Gasteiger partial charge < -0.3 is 20.4 Å². The van der Waals surface area contributed by atoms with Gasteiger partial charge in [-0.2, -0.15) is 18.2 Å². The SMILES string of the molecule is OCCC1CCCCC2CCC(O)CN(C2)c2nc(Nc3cc(C(F)(F)F)ccn3)cc1n2. The summed E-state index contributed by atoms with van der Waals surface area (Å²) >= 11 is 0. The zero-order valence-electron chi connectivity index (χ0n) is 18.4. The Hall–Kier alpha value is -2.46. The molecule has 1 saturated heterocycles. The first-order valence-electron chi connectivity index (χ1n) is 11.5. The van der Waals surface area contributed by atoms with Crippen LogP contribution in [0.25, 0.3) is 0 Å². The second-order valence-electron chi connectivity index (χ2n) is 9.03. The van der Waals surface area contributed by atoms with E-state index in [4.69, 9.17) is 4.98 Å². The van der Waals surface area contributed by atoms with E-state index in [2.05, 4.69) is 15.3 Å².